The average Bonchev–Trinajstić information content (AvgIpc) is 2.89. The highest BCUT2D eigenvalue weighted by atomic mass is 16.5. The zero-order valence-electron chi connectivity index (χ0n) is 12.6. The quantitative estimate of drug-likeness (QED) is 0.736. The van der Waals surface area contributed by atoms with E-state index >= 15 is 0 Å². The summed E-state index contributed by atoms with van der Waals surface area (Å²) in [5, 5.41) is 4.41. The van der Waals surface area contributed by atoms with E-state index in [4.69, 9.17) is 4.74 Å². The second-order valence-electron chi connectivity index (χ2n) is 5.58. The number of pyridine rings is 1. The van der Waals surface area contributed by atoms with Crippen molar-refractivity contribution in [3.8, 4) is 5.88 Å². The Kier molecular flexibility index (Phi) is 3.04. The first-order valence-corrected chi connectivity index (χ1v) is 7.46. The Bertz CT molecular complexity index is 945. The maximum Gasteiger partial charge on any atom is 0.249 e. The number of aromatic nitrogens is 2. The van der Waals surface area contributed by atoms with Crippen molar-refractivity contribution in [3.05, 3.63) is 36.4 Å². The molecule has 1 unspecified atom stereocenters. The van der Waals surface area contributed by atoms with Crippen LogP contribution in [-0.4, -0.2) is 28.5 Å². The molecular formula is C17H15N3O3. The molecule has 1 saturated heterocycles. The molecule has 1 aliphatic heterocycles. The van der Waals surface area contributed by atoms with E-state index in [0.717, 1.165) is 16.3 Å². The number of nitrogens with zero attached hydrogens (tertiary/aromatic N) is 2. The number of piperidine rings is 1. The lowest BCUT2D eigenvalue weighted by molar-refractivity contribution is -0.135. The maximum absolute atomic E-state index is 12.3. The molecule has 1 aromatic carbocycles. The number of fused-ring (bicyclic) bond motifs is 3. The minimum atomic E-state index is -0.449. The van der Waals surface area contributed by atoms with Gasteiger partial charge in [0.05, 0.1) is 12.6 Å². The molecular weight excluding hydrogens is 294 g/mol. The van der Waals surface area contributed by atoms with E-state index in [1.807, 2.05) is 41.0 Å². The van der Waals surface area contributed by atoms with Crippen molar-refractivity contribution in [2.45, 2.75) is 18.9 Å². The Labute approximate surface area is 132 Å². The van der Waals surface area contributed by atoms with Crippen molar-refractivity contribution in [1.82, 2.24) is 14.9 Å². The molecule has 23 heavy (non-hydrogen) atoms. The summed E-state index contributed by atoms with van der Waals surface area (Å²) in [7, 11) is 1.56. The third kappa shape index (κ3) is 2.06. The van der Waals surface area contributed by atoms with Crippen molar-refractivity contribution >= 4 is 33.8 Å². The summed E-state index contributed by atoms with van der Waals surface area (Å²) in [6, 6.07) is 11.2. The van der Waals surface area contributed by atoms with Gasteiger partial charge in [-0.15, -0.1) is 0 Å². The van der Waals surface area contributed by atoms with Crippen LogP contribution < -0.4 is 10.1 Å². The van der Waals surface area contributed by atoms with Crippen LogP contribution in [0, 0.1) is 0 Å². The fourth-order valence-corrected chi connectivity index (χ4v) is 3.21. The number of methoxy groups -OCH3 is 1. The summed E-state index contributed by atoms with van der Waals surface area (Å²) >= 11 is 0. The summed E-state index contributed by atoms with van der Waals surface area (Å²) in [6.45, 7) is 0. The van der Waals surface area contributed by atoms with Crippen LogP contribution in [0.2, 0.25) is 0 Å². The molecule has 116 valence electrons. The first-order chi connectivity index (χ1) is 11.2. The molecule has 0 saturated carbocycles. The van der Waals surface area contributed by atoms with Gasteiger partial charge in [-0.1, -0.05) is 18.2 Å². The van der Waals surface area contributed by atoms with Gasteiger partial charge in [-0.25, -0.2) is 0 Å². The normalized spacial score (nSPS) is 18.4. The molecule has 0 spiro atoms. The minimum Gasteiger partial charge on any atom is -0.481 e. The Balaban J connectivity index is 2.02. The van der Waals surface area contributed by atoms with Gasteiger partial charge in [0.1, 0.15) is 11.7 Å². The van der Waals surface area contributed by atoms with Gasteiger partial charge in [0.25, 0.3) is 0 Å². The van der Waals surface area contributed by atoms with Gasteiger partial charge in [0.2, 0.25) is 17.7 Å². The number of ether oxygens (including phenoxy) is 1. The van der Waals surface area contributed by atoms with Crippen molar-refractivity contribution < 1.29 is 14.3 Å². The van der Waals surface area contributed by atoms with E-state index in [-0.39, 0.29) is 11.8 Å². The van der Waals surface area contributed by atoms with Crippen LogP contribution in [0.5, 0.6) is 5.88 Å². The lowest BCUT2D eigenvalue weighted by Gasteiger charge is -2.23. The number of carbonyl (C=O) groups is 2. The molecule has 0 radical (unpaired) electrons. The van der Waals surface area contributed by atoms with E-state index in [1.54, 1.807) is 7.11 Å². The summed E-state index contributed by atoms with van der Waals surface area (Å²) in [4.78, 5) is 28.3. The largest absolute Gasteiger partial charge is 0.481 e. The molecule has 2 amide bonds. The summed E-state index contributed by atoms with van der Waals surface area (Å²) in [6.07, 6.45) is 0.797. The SMILES string of the molecule is COc1ccc2c3ccccc3n(C3CCC(=O)NC3=O)c2n1. The molecule has 1 N–H and O–H groups in total. The number of para-hydroxylation sites is 1. The molecule has 1 fully saturated rings. The third-order valence-electron chi connectivity index (χ3n) is 4.26. The first-order valence-electron chi connectivity index (χ1n) is 7.46. The maximum atomic E-state index is 12.3. The van der Waals surface area contributed by atoms with Crippen LogP contribution in [0.25, 0.3) is 21.9 Å². The molecule has 6 heteroatoms. The molecule has 0 bridgehead atoms. The van der Waals surface area contributed by atoms with E-state index in [2.05, 4.69) is 10.3 Å². The van der Waals surface area contributed by atoms with Crippen LogP contribution in [0.1, 0.15) is 18.9 Å². The fraction of sp³-hybridized carbons (Fsp3) is 0.235. The van der Waals surface area contributed by atoms with Crippen molar-refractivity contribution in [2.75, 3.05) is 7.11 Å². The molecule has 1 aliphatic rings. The number of hydrogen-bond acceptors (Lipinski definition) is 4. The number of imide groups is 1. The van der Waals surface area contributed by atoms with Crippen LogP contribution in [0.3, 0.4) is 0 Å². The Hall–Kier alpha value is -2.89. The van der Waals surface area contributed by atoms with Gasteiger partial charge >= 0.3 is 0 Å². The van der Waals surface area contributed by atoms with E-state index in [9.17, 15) is 9.59 Å². The lowest BCUT2D eigenvalue weighted by atomic mass is 10.1. The van der Waals surface area contributed by atoms with E-state index in [1.165, 1.54) is 0 Å². The number of carbonyl (C=O) groups excluding carboxylic acids is 2. The van der Waals surface area contributed by atoms with E-state index < -0.39 is 6.04 Å². The Morgan fingerprint density at radius 2 is 2.00 bits per heavy atom. The summed E-state index contributed by atoms with van der Waals surface area (Å²) in [5.41, 5.74) is 1.62. The second kappa shape index (κ2) is 5.08. The predicted octanol–water partition coefficient (Wildman–Crippen LogP) is 2.18. The van der Waals surface area contributed by atoms with E-state index in [0.29, 0.717) is 24.4 Å². The van der Waals surface area contributed by atoms with Gasteiger partial charge in [0, 0.05) is 23.3 Å². The van der Waals surface area contributed by atoms with Crippen molar-refractivity contribution in [1.29, 1.82) is 0 Å². The van der Waals surface area contributed by atoms with Crippen LogP contribution >= 0.6 is 0 Å². The minimum absolute atomic E-state index is 0.224. The third-order valence-corrected chi connectivity index (χ3v) is 4.26. The number of amides is 2. The van der Waals surface area contributed by atoms with Gasteiger partial charge in [-0.3, -0.25) is 14.9 Å². The predicted molar refractivity (Wildman–Crippen MR) is 85.2 cm³/mol. The standard InChI is InChI=1S/C17H15N3O3/c1-23-15-9-6-11-10-4-2-3-5-12(10)20(16(11)19-15)13-7-8-14(21)18-17(13)22/h2-6,9,13H,7-8H2,1H3,(H,18,21,22). The van der Waals surface area contributed by atoms with Crippen molar-refractivity contribution in [3.63, 3.8) is 0 Å². The first kappa shape index (κ1) is 13.8. The number of hydrogen-bond donors (Lipinski definition) is 1. The monoisotopic (exact) mass is 309 g/mol. The molecule has 0 aliphatic carbocycles. The van der Waals surface area contributed by atoms with Crippen LogP contribution in [-0.2, 0) is 9.59 Å². The molecule has 3 aromatic rings. The Morgan fingerprint density at radius 1 is 1.17 bits per heavy atom. The van der Waals surface area contributed by atoms with Gasteiger partial charge < -0.3 is 9.30 Å². The van der Waals surface area contributed by atoms with Crippen molar-refractivity contribution in [2.24, 2.45) is 0 Å². The average molecular weight is 309 g/mol. The van der Waals surface area contributed by atoms with Gasteiger partial charge in [-0.2, -0.15) is 4.98 Å². The lowest BCUT2D eigenvalue weighted by Crippen LogP contribution is -2.41. The summed E-state index contributed by atoms with van der Waals surface area (Å²) in [5.74, 6) is -0.0140. The zero-order chi connectivity index (χ0) is 16.0. The zero-order valence-corrected chi connectivity index (χ0v) is 12.6. The molecule has 3 heterocycles. The molecule has 2 aromatic heterocycles. The van der Waals surface area contributed by atoms with Gasteiger partial charge in [-0.05, 0) is 18.6 Å². The number of benzene rings is 1. The molecule has 4 rings (SSSR count). The van der Waals surface area contributed by atoms with Crippen LogP contribution in [0.15, 0.2) is 36.4 Å². The highest BCUT2D eigenvalue weighted by Gasteiger charge is 2.30. The summed E-state index contributed by atoms with van der Waals surface area (Å²) < 4.78 is 7.14. The van der Waals surface area contributed by atoms with Crippen LogP contribution in [0.4, 0.5) is 0 Å². The number of nitrogens with one attached hydrogen (secondary N) is 1. The molecule has 6 nitrogen and oxygen atoms in total. The highest BCUT2D eigenvalue weighted by Crippen LogP contribution is 2.34. The smallest absolute Gasteiger partial charge is 0.249 e. The highest BCUT2D eigenvalue weighted by molar-refractivity contribution is 6.09. The van der Waals surface area contributed by atoms with Gasteiger partial charge in [0.15, 0.2) is 0 Å². The topological polar surface area (TPSA) is 73.2 Å². The Morgan fingerprint density at radius 3 is 2.78 bits per heavy atom. The molecule has 1 atom stereocenters. The number of rotatable bonds is 2. The second-order valence-corrected chi connectivity index (χ2v) is 5.58. The fourth-order valence-electron chi connectivity index (χ4n) is 3.21.